The Hall–Kier alpha value is -0.340. The third kappa shape index (κ3) is 3.32. The molecule has 3 atom stereocenters. The summed E-state index contributed by atoms with van der Waals surface area (Å²) in [5.41, 5.74) is 0.545. The van der Waals surface area contributed by atoms with Crippen LogP contribution in [0.1, 0.15) is 57.9 Å². The Bertz CT molecular complexity index is 342. The Kier molecular flexibility index (Phi) is 3.94. The van der Waals surface area contributed by atoms with E-state index in [4.69, 9.17) is 0 Å². The summed E-state index contributed by atoms with van der Waals surface area (Å²) in [6, 6.07) is 5.58. The third-order valence-corrected chi connectivity index (χ3v) is 5.18. The van der Waals surface area contributed by atoms with Crippen LogP contribution in [-0.2, 0) is 0 Å². The zero-order valence-corrected chi connectivity index (χ0v) is 12.3. The lowest BCUT2D eigenvalue weighted by Crippen LogP contribution is -2.42. The first-order valence-corrected chi connectivity index (χ1v) is 7.65. The second-order valence-corrected chi connectivity index (χ2v) is 7.37. The van der Waals surface area contributed by atoms with Gasteiger partial charge in [-0.15, -0.1) is 11.3 Å². The minimum Gasteiger partial charge on any atom is -0.306 e. The molecule has 0 amide bonds. The molecule has 0 spiro atoms. The third-order valence-electron chi connectivity index (χ3n) is 4.13. The lowest BCUT2D eigenvalue weighted by atomic mass is 9.70. The molecule has 1 fully saturated rings. The molecule has 1 aromatic heterocycles. The minimum atomic E-state index is 0.503. The molecule has 0 aliphatic heterocycles. The summed E-state index contributed by atoms with van der Waals surface area (Å²) in [5.74, 6) is 0.793. The molecule has 1 aliphatic carbocycles. The number of thiophene rings is 1. The maximum absolute atomic E-state index is 3.82. The Balaban J connectivity index is 1.92. The van der Waals surface area contributed by atoms with Crippen LogP contribution < -0.4 is 5.32 Å². The van der Waals surface area contributed by atoms with Crippen molar-refractivity contribution in [2.45, 2.75) is 59.0 Å². The molecule has 0 radical (unpaired) electrons. The number of rotatable bonds is 3. The van der Waals surface area contributed by atoms with E-state index in [2.05, 4.69) is 50.5 Å². The molecule has 3 unspecified atom stereocenters. The van der Waals surface area contributed by atoms with E-state index in [0.717, 1.165) is 5.92 Å². The summed E-state index contributed by atoms with van der Waals surface area (Å²) < 4.78 is 0. The summed E-state index contributed by atoms with van der Waals surface area (Å²) in [4.78, 5) is 1.46. The second-order valence-electron chi connectivity index (χ2n) is 6.39. The van der Waals surface area contributed by atoms with Gasteiger partial charge in [0.2, 0.25) is 0 Å². The molecular formula is C15H25NS. The fourth-order valence-corrected chi connectivity index (χ4v) is 3.88. The molecule has 2 heteroatoms. The van der Waals surface area contributed by atoms with Crippen LogP contribution in [0.3, 0.4) is 0 Å². The maximum atomic E-state index is 3.82. The first-order valence-electron chi connectivity index (χ1n) is 6.77. The highest BCUT2D eigenvalue weighted by atomic mass is 32.1. The quantitative estimate of drug-likeness (QED) is 0.827. The average Bonchev–Trinajstić information content (AvgIpc) is 2.74. The van der Waals surface area contributed by atoms with Gasteiger partial charge in [-0.25, -0.2) is 0 Å². The van der Waals surface area contributed by atoms with Crippen LogP contribution in [-0.4, -0.2) is 6.04 Å². The number of nitrogens with one attached hydrogen (secondary N) is 1. The zero-order chi connectivity index (χ0) is 12.5. The van der Waals surface area contributed by atoms with Crippen LogP contribution in [0.25, 0.3) is 0 Å². The number of hydrogen-bond donors (Lipinski definition) is 1. The zero-order valence-electron chi connectivity index (χ0n) is 11.5. The van der Waals surface area contributed by atoms with Crippen LogP contribution >= 0.6 is 11.3 Å². The van der Waals surface area contributed by atoms with Crippen molar-refractivity contribution >= 4 is 11.3 Å². The van der Waals surface area contributed by atoms with Crippen molar-refractivity contribution < 1.29 is 0 Å². The molecule has 1 aromatic rings. The van der Waals surface area contributed by atoms with Crippen molar-refractivity contribution in [3.05, 3.63) is 22.4 Å². The second kappa shape index (κ2) is 5.11. The van der Waals surface area contributed by atoms with E-state index < -0.39 is 0 Å². The van der Waals surface area contributed by atoms with Crippen molar-refractivity contribution in [2.75, 3.05) is 0 Å². The molecule has 17 heavy (non-hydrogen) atoms. The van der Waals surface area contributed by atoms with Crippen molar-refractivity contribution in [3.8, 4) is 0 Å². The Labute approximate surface area is 110 Å². The largest absolute Gasteiger partial charge is 0.306 e. The van der Waals surface area contributed by atoms with Gasteiger partial charge in [0.05, 0.1) is 0 Å². The van der Waals surface area contributed by atoms with Crippen LogP contribution in [0.4, 0.5) is 0 Å². The van der Waals surface area contributed by atoms with Crippen molar-refractivity contribution in [3.63, 3.8) is 0 Å². The highest BCUT2D eigenvalue weighted by Crippen LogP contribution is 2.39. The average molecular weight is 251 g/mol. The van der Waals surface area contributed by atoms with Gasteiger partial charge < -0.3 is 5.32 Å². The van der Waals surface area contributed by atoms with Gasteiger partial charge in [-0.2, -0.15) is 0 Å². The molecule has 2 rings (SSSR count). The van der Waals surface area contributed by atoms with E-state index in [-0.39, 0.29) is 0 Å². The van der Waals surface area contributed by atoms with Crippen LogP contribution in [0, 0.1) is 11.3 Å². The lowest BCUT2D eigenvalue weighted by Gasteiger charge is -2.40. The van der Waals surface area contributed by atoms with Crippen molar-refractivity contribution in [1.29, 1.82) is 0 Å². The van der Waals surface area contributed by atoms with E-state index in [1.54, 1.807) is 0 Å². The monoisotopic (exact) mass is 251 g/mol. The summed E-state index contributed by atoms with van der Waals surface area (Å²) in [7, 11) is 0. The van der Waals surface area contributed by atoms with E-state index in [9.17, 15) is 0 Å². The standard InChI is InChI=1S/C15H25NS/c1-11-10-15(3,4)8-7-13(11)16-12(2)14-6-5-9-17-14/h5-6,9,11-13,16H,7-8,10H2,1-4H3. The van der Waals surface area contributed by atoms with Gasteiger partial charge in [0.15, 0.2) is 0 Å². The highest BCUT2D eigenvalue weighted by molar-refractivity contribution is 7.10. The van der Waals surface area contributed by atoms with Gasteiger partial charge >= 0.3 is 0 Å². The van der Waals surface area contributed by atoms with Crippen LogP contribution in [0.5, 0.6) is 0 Å². The maximum Gasteiger partial charge on any atom is 0.0388 e. The van der Waals surface area contributed by atoms with Gasteiger partial charge in [0, 0.05) is 17.0 Å². The predicted octanol–water partition coefficient (Wildman–Crippen LogP) is 4.61. The smallest absolute Gasteiger partial charge is 0.0388 e. The fourth-order valence-electron chi connectivity index (χ4n) is 3.14. The molecule has 1 aliphatic rings. The highest BCUT2D eigenvalue weighted by Gasteiger charge is 2.32. The van der Waals surface area contributed by atoms with Gasteiger partial charge in [-0.05, 0) is 49.0 Å². The predicted molar refractivity (Wildman–Crippen MR) is 76.5 cm³/mol. The minimum absolute atomic E-state index is 0.503. The van der Waals surface area contributed by atoms with Crippen molar-refractivity contribution in [1.82, 2.24) is 5.32 Å². The first-order chi connectivity index (χ1) is 7.98. The molecule has 0 saturated heterocycles. The number of hydrogen-bond acceptors (Lipinski definition) is 2. The Morgan fingerprint density at radius 3 is 2.82 bits per heavy atom. The molecular weight excluding hydrogens is 226 g/mol. The van der Waals surface area contributed by atoms with Crippen LogP contribution in [0.2, 0.25) is 0 Å². The molecule has 0 bridgehead atoms. The normalized spacial score (nSPS) is 30.1. The van der Waals surface area contributed by atoms with Gasteiger partial charge in [0.1, 0.15) is 0 Å². The SMILES string of the molecule is CC(NC1CCC(C)(C)CC1C)c1cccs1. The van der Waals surface area contributed by atoms with Crippen molar-refractivity contribution in [2.24, 2.45) is 11.3 Å². The van der Waals surface area contributed by atoms with E-state index in [1.807, 2.05) is 11.3 Å². The first kappa shape index (κ1) is 13.1. The molecule has 1 N–H and O–H groups in total. The topological polar surface area (TPSA) is 12.0 Å². The van der Waals surface area contributed by atoms with Gasteiger partial charge in [0.25, 0.3) is 0 Å². The van der Waals surface area contributed by atoms with E-state index >= 15 is 0 Å². The molecule has 96 valence electrons. The molecule has 0 aromatic carbocycles. The molecule has 1 heterocycles. The van der Waals surface area contributed by atoms with Gasteiger partial charge in [-0.3, -0.25) is 0 Å². The summed E-state index contributed by atoms with van der Waals surface area (Å²) >= 11 is 1.86. The Morgan fingerprint density at radius 2 is 2.24 bits per heavy atom. The summed E-state index contributed by atoms with van der Waals surface area (Å²) in [6.07, 6.45) is 4.03. The summed E-state index contributed by atoms with van der Waals surface area (Å²) in [5, 5.41) is 5.99. The van der Waals surface area contributed by atoms with E-state index in [0.29, 0.717) is 17.5 Å². The summed E-state index contributed by atoms with van der Waals surface area (Å²) in [6.45, 7) is 9.50. The van der Waals surface area contributed by atoms with Gasteiger partial charge in [-0.1, -0.05) is 26.8 Å². The Morgan fingerprint density at radius 1 is 1.47 bits per heavy atom. The lowest BCUT2D eigenvalue weighted by molar-refractivity contribution is 0.143. The van der Waals surface area contributed by atoms with E-state index in [1.165, 1.54) is 24.1 Å². The molecule has 1 saturated carbocycles. The molecule has 1 nitrogen and oxygen atoms in total. The van der Waals surface area contributed by atoms with Crippen LogP contribution in [0.15, 0.2) is 17.5 Å². The fraction of sp³-hybridized carbons (Fsp3) is 0.733.